The van der Waals surface area contributed by atoms with E-state index in [1.807, 2.05) is 0 Å². The number of Topliss-reactive ketones (excluding diaryl/α,β-unsaturated/α-hetero) is 1. The zero-order valence-electron chi connectivity index (χ0n) is 17.7. The highest BCUT2D eigenvalue weighted by molar-refractivity contribution is 6.34. The molecule has 172 valence electrons. The number of carbonyl (C=O) groups is 3. The summed E-state index contributed by atoms with van der Waals surface area (Å²) in [6.45, 7) is 0. The first-order valence-corrected chi connectivity index (χ1v) is 11.2. The van der Waals surface area contributed by atoms with Crippen LogP contribution in [-0.2, 0) is 19.1 Å². The summed E-state index contributed by atoms with van der Waals surface area (Å²) in [4.78, 5) is 48.9. The Kier molecular flexibility index (Phi) is 6.74. The molecule has 1 N–H and O–H groups in total. The number of nitrogens with one attached hydrogen (secondary N) is 1. The fourth-order valence-electron chi connectivity index (χ4n) is 4.70. The van der Waals surface area contributed by atoms with Gasteiger partial charge in [0.2, 0.25) is 6.10 Å². The van der Waals surface area contributed by atoms with E-state index in [0.29, 0.717) is 18.4 Å². The van der Waals surface area contributed by atoms with E-state index in [-0.39, 0.29) is 34.0 Å². The van der Waals surface area contributed by atoms with Crippen LogP contribution in [0, 0.1) is 27.9 Å². The van der Waals surface area contributed by atoms with Gasteiger partial charge < -0.3 is 10.1 Å². The van der Waals surface area contributed by atoms with Crippen molar-refractivity contribution in [3.05, 3.63) is 69.2 Å². The molecule has 8 nitrogen and oxygen atoms in total. The number of rotatable bonds is 6. The third-order valence-corrected chi connectivity index (χ3v) is 6.69. The maximum Gasteiger partial charge on any atom is 0.310 e. The van der Waals surface area contributed by atoms with Crippen LogP contribution in [0.15, 0.2) is 48.5 Å². The Balaban J connectivity index is 1.52. The average Bonchev–Trinajstić information content (AvgIpc) is 2.78. The lowest BCUT2D eigenvalue weighted by atomic mass is 9.67. The first kappa shape index (κ1) is 22.9. The summed E-state index contributed by atoms with van der Waals surface area (Å²) in [6.07, 6.45) is 2.24. The van der Waals surface area contributed by atoms with Crippen LogP contribution in [0.25, 0.3) is 0 Å². The number of amides is 1. The molecule has 4 rings (SSSR count). The number of hydrogen-bond acceptors (Lipinski definition) is 6. The second-order valence-electron chi connectivity index (χ2n) is 8.53. The molecule has 2 aromatic carbocycles. The Morgan fingerprint density at radius 3 is 2.36 bits per heavy atom. The SMILES string of the molecule is O=C(O[C@H](C(=O)Nc1ccc([N+](=O)[O-])cc1Cl)c1ccccc1)C1C[C@H]2CCC[C@@H](C1)C2=O. The van der Waals surface area contributed by atoms with Crippen LogP contribution < -0.4 is 5.32 Å². The van der Waals surface area contributed by atoms with Gasteiger partial charge in [0.1, 0.15) is 5.78 Å². The van der Waals surface area contributed by atoms with Gasteiger partial charge in [-0.3, -0.25) is 24.5 Å². The van der Waals surface area contributed by atoms with Crippen LogP contribution in [0.3, 0.4) is 0 Å². The summed E-state index contributed by atoms with van der Waals surface area (Å²) in [5.41, 5.74) is 0.442. The fourth-order valence-corrected chi connectivity index (χ4v) is 4.92. The highest BCUT2D eigenvalue weighted by Gasteiger charge is 2.42. The fraction of sp³-hybridized carbons (Fsp3) is 0.375. The van der Waals surface area contributed by atoms with E-state index >= 15 is 0 Å². The van der Waals surface area contributed by atoms with Crippen molar-refractivity contribution in [2.45, 2.75) is 38.2 Å². The van der Waals surface area contributed by atoms with Crippen LogP contribution in [0.4, 0.5) is 11.4 Å². The molecule has 0 saturated heterocycles. The summed E-state index contributed by atoms with van der Waals surface area (Å²) in [5.74, 6) is -1.54. The van der Waals surface area contributed by atoms with E-state index < -0.39 is 28.8 Å². The van der Waals surface area contributed by atoms with Crippen molar-refractivity contribution in [2.24, 2.45) is 17.8 Å². The molecule has 9 heteroatoms. The molecule has 1 amide bonds. The number of nitro benzene ring substituents is 1. The van der Waals surface area contributed by atoms with E-state index in [9.17, 15) is 24.5 Å². The number of carbonyl (C=O) groups excluding carboxylic acids is 3. The lowest BCUT2D eigenvalue weighted by Gasteiger charge is -2.36. The quantitative estimate of drug-likeness (QED) is 0.366. The van der Waals surface area contributed by atoms with Gasteiger partial charge >= 0.3 is 5.97 Å². The third kappa shape index (κ3) is 5.06. The van der Waals surface area contributed by atoms with Crippen molar-refractivity contribution in [3.63, 3.8) is 0 Å². The maximum atomic E-state index is 13.1. The Morgan fingerprint density at radius 1 is 1.09 bits per heavy atom. The van der Waals surface area contributed by atoms with E-state index in [2.05, 4.69) is 5.32 Å². The van der Waals surface area contributed by atoms with Crippen LogP contribution in [0.5, 0.6) is 0 Å². The van der Waals surface area contributed by atoms with Crippen molar-refractivity contribution in [2.75, 3.05) is 5.32 Å². The van der Waals surface area contributed by atoms with E-state index in [1.165, 1.54) is 12.1 Å². The highest BCUT2D eigenvalue weighted by atomic mass is 35.5. The van der Waals surface area contributed by atoms with Crippen molar-refractivity contribution in [1.82, 2.24) is 0 Å². The molecule has 2 aromatic rings. The maximum absolute atomic E-state index is 13.1. The summed E-state index contributed by atoms with van der Waals surface area (Å²) in [5, 5.41) is 13.5. The largest absolute Gasteiger partial charge is 0.447 e. The first-order valence-electron chi connectivity index (χ1n) is 10.9. The molecule has 0 aromatic heterocycles. The first-order chi connectivity index (χ1) is 15.8. The molecule has 2 aliphatic carbocycles. The average molecular weight is 471 g/mol. The summed E-state index contributed by atoms with van der Waals surface area (Å²) in [6, 6.07) is 12.3. The molecule has 2 saturated carbocycles. The zero-order valence-corrected chi connectivity index (χ0v) is 18.5. The number of fused-ring (bicyclic) bond motifs is 2. The number of halogens is 1. The van der Waals surface area contributed by atoms with Crippen LogP contribution in [0.2, 0.25) is 5.02 Å². The Morgan fingerprint density at radius 2 is 1.76 bits per heavy atom. The van der Waals surface area contributed by atoms with Gasteiger partial charge in [0.25, 0.3) is 11.6 Å². The van der Waals surface area contributed by atoms with Gasteiger partial charge in [0.15, 0.2) is 0 Å². The number of esters is 1. The lowest BCUT2D eigenvalue weighted by Crippen LogP contribution is -2.40. The van der Waals surface area contributed by atoms with E-state index in [1.54, 1.807) is 30.3 Å². The topological polar surface area (TPSA) is 116 Å². The summed E-state index contributed by atoms with van der Waals surface area (Å²) in [7, 11) is 0. The smallest absolute Gasteiger partial charge is 0.310 e. The minimum atomic E-state index is -1.23. The second kappa shape index (κ2) is 9.70. The Hall–Kier alpha value is -3.26. The molecule has 0 spiro atoms. The van der Waals surface area contributed by atoms with Gasteiger partial charge in [-0.15, -0.1) is 0 Å². The molecule has 33 heavy (non-hydrogen) atoms. The molecule has 2 aliphatic rings. The minimum absolute atomic E-state index is 0.00527. The number of anilines is 1. The number of nitrogens with zero attached hydrogens (tertiary/aromatic N) is 1. The lowest BCUT2D eigenvalue weighted by molar-refractivity contribution is -0.384. The molecular weight excluding hydrogens is 448 g/mol. The number of ketones is 1. The van der Waals surface area contributed by atoms with E-state index in [0.717, 1.165) is 25.3 Å². The van der Waals surface area contributed by atoms with Gasteiger partial charge in [-0.05, 0) is 31.7 Å². The van der Waals surface area contributed by atoms with Crippen LogP contribution in [-0.4, -0.2) is 22.6 Å². The normalized spacial score (nSPS) is 22.8. The van der Waals surface area contributed by atoms with Crippen molar-refractivity contribution >= 4 is 40.6 Å². The summed E-state index contributed by atoms with van der Waals surface area (Å²) >= 11 is 6.11. The Labute approximate surface area is 195 Å². The van der Waals surface area contributed by atoms with E-state index in [4.69, 9.17) is 16.3 Å². The molecule has 0 heterocycles. The standard InChI is InChI=1S/C24H23ClN2O6/c25-19-13-18(27(31)32)9-10-20(19)26-23(29)22(14-5-2-1-3-6-14)33-24(30)17-11-15-7-4-8-16(12-17)21(15)28/h1-3,5-6,9-10,13,15-17,22H,4,7-8,11-12H2,(H,26,29)/t15-,16+,17?,22-/m0/s1. The van der Waals surface area contributed by atoms with Gasteiger partial charge in [0.05, 0.1) is 21.6 Å². The van der Waals surface area contributed by atoms with Gasteiger partial charge in [-0.2, -0.15) is 0 Å². The molecule has 0 radical (unpaired) electrons. The van der Waals surface area contributed by atoms with Crippen LogP contribution >= 0.6 is 11.6 Å². The number of benzene rings is 2. The molecule has 2 bridgehead atoms. The highest BCUT2D eigenvalue weighted by Crippen LogP contribution is 2.41. The number of non-ortho nitro benzene ring substituents is 1. The van der Waals surface area contributed by atoms with Crippen molar-refractivity contribution in [1.29, 1.82) is 0 Å². The predicted octanol–water partition coefficient (Wildman–Crippen LogP) is 4.87. The zero-order chi connectivity index (χ0) is 23.5. The molecular formula is C24H23ClN2O6. The second-order valence-corrected chi connectivity index (χ2v) is 8.94. The molecule has 4 atom stereocenters. The van der Waals surface area contributed by atoms with Crippen molar-refractivity contribution in [3.8, 4) is 0 Å². The molecule has 1 unspecified atom stereocenters. The third-order valence-electron chi connectivity index (χ3n) is 6.38. The predicted molar refractivity (Wildman–Crippen MR) is 121 cm³/mol. The molecule has 0 aliphatic heterocycles. The number of ether oxygens (including phenoxy) is 1. The number of nitro groups is 1. The van der Waals surface area contributed by atoms with Crippen molar-refractivity contribution < 1.29 is 24.0 Å². The number of hydrogen-bond donors (Lipinski definition) is 1. The van der Waals surface area contributed by atoms with Gasteiger partial charge in [-0.25, -0.2) is 0 Å². The van der Waals surface area contributed by atoms with Gasteiger partial charge in [-0.1, -0.05) is 48.4 Å². The van der Waals surface area contributed by atoms with Crippen LogP contribution in [0.1, 0.15) is 43.8 Å². The minimum Gasteiger partial charge on any atom is -0.447 e. The monoisotopic (exact) mass is 470 g/mol. The molecule has 2 fully saturated rings. The summed E-state index contributed by atoms with van der Waals surface area (Å²) < 4.78 is 5.70. The Bertz CT molecular complexity index is 1070. The van der Waals surface area contributed by atoms with Gasteiger partial charge in [0, 0.05) is 29.5 Å².